The van der Waals surface area contributed by atoms with Crippen molar-refractivity contribution in [2.75, 3.05) is 32.7 Å². The van der Waals surface area contributed by atoms with Crippen molar-refractivity contribution in [3.05, 3.63) is 75.5 Å². The Bertz CT molecular complexity index is 1030. The highest BCUT2D eigenvalue weighted by molar-refractivity contribution is 7.09. The fourth-order valence-electron chi connectivity index (χ4n) is 3.88. The van der Waals surface area contributed by atoms with Crippen molar-refractivity contribution in [2.24, 2.45) is 0 Å². The molecule has 2 aromatic heterocycles. The van der Waals surface area contributed by atoms with Gasteiger partial charge in [-0.1, -0.05) is 18.2 Å². The van der Waals surface area contributed by atoms with Gasteiger partial charge in [-0.3, -0.25) is 9.88 Å². The van der Waals surface area contributed by atoms with E-state index in [4.69, 9.17) is 4.74 Å². The number of hydrogen-bond acceptors (Lipinski definition) is 6. The van der Waals surface area contributed by atoms with Crippen LogP contribution in [0.25, 0.3) is 0 Å². The number of aryl methyl sites for hydroxylation is 4. The molecule has 1 aliphatic heterocycles. The SMILES string of the molecule is Cc1nc(CCN2CCN(C(=O)Oc3ccc(CCc4ncccc4C)cc3)CC2)cs1. The Balaban J connectivity index is 1.20. The quantitative estimate of drug-likeness (QED) is 0.537. The average molecular weight is 451 g/mol. The van der Waals surface area contributed by atoms with Crippen molar-refractivity contribution in [3.8, 4) is 5.75 Å². The van der Waals surface area contributed by atoms with E-state index < -0.39 is 0 Å². The Morgan fingerprint density at radius 2 is 1.81 bits per heavy atom. The summed E-state index contributed by atoms with van der Waals surface area (Å²) in [5.74, 6) is 0.592. The van der Waals surface area contributed by atoms with E-state index in [2.05, 4.69) is 33.2 Å². The number of benzene rings is 1. The van der Waals surface area contributed by atoms with Crippen LogP contribution >= 0.6 is 11.3 Å². The van der Waals surface area contributed by atoms with E-state index in [1.165, 1.54) is 11.1 Å². The second kappa shape index (κ2) is 10.7. The lowest BCUT2D eigenvalue weighted by atomic mass is 10.1. The molecule has 168 valence electrons. The number of nitrogens with zero attached hydrogens (tertiary/aromatic N) is 4. The van der Waals surface area contributed by atoms with E-state index >= 15 is 0 Å². The van der Waals surface area contributed by atoms with E-state index in [0.717, 1.165) is 55.3 Å². The van der Waals surface area contributed by atoms with Gasteiger partial charge in [0, 0.05) is 56.4 Å². The molecule has 3 heterocycles. The predicted octanol–water partition coefficient (Wildman–Crippen LogP) is 4.30. The molecule has 1 saturated heterocycles. The molecular formula is C25H30N4O2S. The zero-order chi connectivity index (χ0) is 22.3. The number of aromatic nitrogens is 2. The molecule has 0 bridgehead atoms. The van der Waals surface area contributed by atoms with Crippen LogP contribution in [0, 0.1) is 13.8 Å². The zero-order valence-electron chi connectivity index (χ0n) is 18.8. The summed E-state index contributed by atoms with van der Waals surface area (Å²) in [4.78, 5) is 25.7. The smallest absolute Gasteiger partial charge is 0.410 e. The second-order valence-electron chi connectivity index (χ2n) is 8.22. The van der Waals surface area contributed by atoms with Crippen LogP contribution in [0.15, 0.2) is 48.0 Å². The lowest BCUT2D eigenvalue weighted by Crippen LogP contribution is -2.49. The van der Waals surface area contributed by atoms with Crippen LogP contribution in [0.4, 0.5) is 4.79 Å². The molecule has 0 saturated carbocycles. The minimum Gasteiger partial charge on any atom is -0.410 e. The van der Waals surface area contributed by atoms with Crippen molar-refractivity contribution in [3.63, 3.8) is 0 Å². The number of ether oxygens (including phenoxy) is 1. The van der Waals surface area contributed by atoms with Gasteiger partial charge in [0.25, 0.3) is 0 Å². The number of carbonyl (C=O) groups excluding carboxylic acids is 1. The van der Waals surface area contributed by atoms with Gasteiger partial charge >= 0.3 is 6.09 Å². The van der Waals surface area contributed by atoms with E-state index in [9.17, 15) is 4.79 Å². The summed E-state index contributed by atoms with van der Waals surface area (Å²) in [5, 5.41) is 3.25. The van der Waals surface area contributed by atoms with E-state index in [-0.39, 0.29) is 6.09 Å². The third-order valence-electron chi connectivity index (χ3n) is 5.88. The van der Waals surface area contributed by atoms with Crippen molar-refractivity contribution in [1.82, 2.24) is 19.8 Å². The summed E-state index contributed by atoms with van der Waals surface area (Å²) >= 11 is 1.70. The largest absolute Gasteiger partial charge is 0.415 e. The van der Waals surface area contributed by atoms with Crippen molar-refractivity contribution in [1.29, 1.82) is 0 Å². The maximum Gasteiger partial charge on any atom is 0.415 e. The Labute approximate surface area is 193 Å². The number of carbonyl (C=O) groups is 1. The van der Waals surface area contributed by atoms with Gasteiger partial charge in [-0.05, 0) is 56.0 Å². The second-order valence-corrected chi connectivity index (χ2v) is 9.28. The van der Waals surface area contributed by atoms with Crippen LogP contribution in [0.3, 0.4) is 0 Å². The summed E-state index contributed by atoms with van der Waals surface area (Å²) in [5.41, 5.74) is 4.71. The molecule has 6 nitrogen and oxygen atoms in total. The molecule has 1 aromatic carbocycles. The van der Waals surface area contributed by atoms with Gasteiger partial charge in [-0.25, -0.2) is 9.78 Å². The fraction of sp³-hybridized carbons (Fsp3) is 0.400. The number of hydrogen-bond donors (Lipinski definition) is 0. The Hall–Kier alpha value is -2.77. The number of amides is 1. The Kier molecular flexibility index (Phi) is 7.50. The summed E-state index contributed by atoms with van der Waals surface area (Å²) in [6, 6.07) is 11.9. The standard InChI is InChI=1S/C25H30N4O2S/c1-19-4-3-12-26-24(19)10-7-21-5-8-23(9-6-21)31-25(30)29-16-14-28(15-17-29)13-11-22-18-32-20(2)27-22/h3-6,8-9,12,18H,7,10-11,13-17H2,1-2H3. The number of thiazole rings is 1. The van der Waals surface area contributed by atoms with Crippen LogP contribution in [0.1, 0.15) is 27.5 Å². The number of rotatable bonds is 7. The van der Waals surface area contributed by atoms with Gasteiger partial charge in [-0.15, -0.1) is 11.3 Å². The minimum absolute atomic E-state index is 0.267. The average Bonchev–Trinajstić information content (AvgIpc) is 3.23. The predicted molar refractivity (Wildman–Crippen MR) is 127 cm³/mol. The van der Waals surface area contributed by atoms with E-state index in [1.807, 2.05) is 43.5 Å². The molecule has 1 amide bonds. The van der Waals surface area contributed by atoms with Crippen molar-refractivity contribution >= 4 is 17.4 Å². The Morgan fingerprint density at radius 3 is 2.50 bits per heavy atom. The first-order valence-corrected chi connectivity index (χ1v) is 12.0. The first-order chi connectivity index (χ1) is 15.6. The van der Waals surface area contributed by atoms with Gasteiger partial charge < -0.3 is 9.64 Å². The number of piperazine rings is 1. The summed E-state index contributed by atoms with van der Waals surface area (Å²) < 4.78 is 5.61. The lowest BCUT2D eigenvalue weighted by Gasteiger charge is -2.33. The molecule has 1 aliphatic rings. The molecular weight excluding hydrogens is 420 g/mol. The Morgan fingerprint density at radius 1 is 1.03 bits per heavy atom. The molecule has 0 unspecified atom stereocenters. The van der Waals surface area contributed by atoms with Gasteiger partial charge in [0.15, 0.2) is 0 Å². The molecule has 0 spiro atoms. The monoisotopic (exact) mass is 450 g/mol. The zero-order valence-corrected chi connectivity index (χ0v) is 19.6. The molecule has 7 heteroatoms. The minimum atomic E-state index is -0.267. The maximum atomic E-state index is 12.6. The molecule has 0 atom stereocenters. The van der Waals surface area contributed by atoms with E-state index in [1.54, 1.807) is 16.2 Å². The third-order valence-corrected chi connectivity index (χ3v) is 6.70. The van der Waals surface area contributed by atoms with Gasteiger partial charge in [0.1, 0.15) is 5.75 Å². The van der Waals surface area contributed by atoms with Crippen LogP contribution < -0.4 is 4.74 Å². The van der Waals surface area contributed by atoms with Crippen LogP contribution in [-0.2, 0) is 19.3 Å². The maximum absolute atomic E-state index is 12.6. The van der Waals surface area contributed by atoms with Crippen LogP contribution in [-0.4, -0.2) is 58.6 Å². The molecule has 3 aromatic rings. The molecule has 4 rings (SSSR count). The highest BCUT2D eigenvalue weighted by atomic mass is 32.1. The first-order valence-electron chi connectivity index (χ1n) is 11.2. The third kappa shape index (κ3) is 6.14. The lowest BCUT2D eigenvalue weighted by molar-refractivity contribution is 0.111. The van der Waals surface area contributed by atoms with Crippen molar-refractivity contribution in [2.45, 2.75) is 33.1 Å². The van der Waals surface area contributed by atoms with Gasteiger partial charge in [-0.2, -0.15) is 0 Å². The molecule has 0 aliphatic carbocycles. The first kappa shape index (κ1) is 22.4. The van der Waals surface area contributed by atoms with Crippen molar-refractivity contribution < 1.29 is 9.53 Å². The normalized spacial score (nSPS) is 14.5. The molecule has 0 radical (unpaired) electrons. The fourth-order valence-corrected chi connectivity index (χ4v) is 4.53. The summed E-state index contributed by atoms with van der Waals surface area (Å²) in [7, 11) is 0. The van der Waals surface area contributed by atoms with Gasteiger partial charge in [0.05, 0.1) is 10.7 Å². The highest BCUT2D eigenvalue weighted by Crippen LogP contribution is 2.17. The summed E-state index contributed by atoms with van der Waals surface area (Å²) in [6.07, 6.45) is 4.34. The summed E-state index contributed by atoms with van der Waals surface area (Å²) in [6.45, 7) is 8.22. The van der Waals surface area contributed by atoms with E-state index in [0.29, 0.717) is 18.8 Å². The molecule has 0 N–H and O–H groups in total. The van der Waals surface area contributed by atoms with Gasteiger partial charge in [0.2, 0.25) is 0 Å². The van der Waals surface area contributed by atoms with Crippen LogP contribution in [0.2, 0.25) is 0 Å². The van der Waals surface area contributed by atoms with Crippen LogP contribution in [0.5, 0.6) is 5.75 Å². The molecule has 32 heavy (non-hydrogen) atoms. The number of pyridine rings is 1. The highest BCUT2D eigenvalue weighted by Gasteiger charge is 2.22. The topological polar surface area (TPSA) is 58.6 Å². The molecule has 1 fully saturated rings.